The summed E-state index contributed by atoms with van der Waals surface area (Å²) in [7, 11) is 2.03. The monoisotopic (exact) mass is 593 g/mol. The molecular formula is C31H39N5O5S. The first-order valence-corrected chi connectivity index (χ1v) is 16.4. The highest BCUT2D eigenvalue weighted by Crippen LogP contribution is 2.48. The first kappa shape index (κ1) is 27.9. The third-order valence-electron chi connectivity index (χ3n) is 10.1. The number of rotatable bonds is 6. The number of likely N-dealkylation sites (N-methyl/N-ethyl adjacent to an activating group) is 1. The van der Waals surface area contributed by atoms with E-state index in [1.54, 1.807) is 16.7 Å². The molecule has 11 heteroatoms. The van der Waals surface area contributed by atoms with Gasteiger partial charge in [0, 0.05) is 42.1 Å². The van der Waals surface area contributed by atoms with E-state index in [9.17, 15) is 19.5 Å². The van der Waals surface area contributed by atoms with Crippen molar-refractivity contribution in [3.05, 3.63) is 41.6 Å². The van der Waals surface area contributed by atoms with Gasteiger partial charge in [-0.1, -0.05) is 32.1 Å². The largest absolute Gasteiger partial charge is 0.361 e. The Kier molecular flexibility index (Phi) is 6.54. The van der Waals surface area contributed by atoms with Crippen LogP contribution in [0.1, 0.15) is 44.2 Å². The first-order valence-electron chi connectivity index (χ1n) is 15.0. The van der Waals surface area contributed by atoms with E-state index in [0.29, 0.717) is 31.7 Å². The number of hydrogen-bond donors (Lipinski definition) is 3. The molecule has 0 saturated carbocycles. The van der Waals surface area contributed by atoms with Gasteiger partial charge in [-0.05, 0) is 67.5 Å². The minimum Gasteiger partial charge on any atom is -0.361 e. The topological polar surface area (TPSA) is 118 Å². The summed E-state index contributed by atoms with van der Waals surface area (Å²) in [6, 6.07) is 4.84. The van der Waals surface area contributed by atoms with Crippen LogP contribution < -0.4 is 5.32 Å². The number of nitrogens with zero attached hydrogens (tertiary/aromatic N) is 3. The standard InChI is InChI=1S/C31H39N5O5S/c1-17(2)30(29(39)36-23(10-12-42-4)28(38)35-11-6-9-25(35)31(36,40)41-30)33-27(37)19-13-21-20-7-5-8-22-26(20)18(15-32-22)14-24(21)34(3)16-19/h5,7-8,13,15,17,19,23-25,32,40H,6,9-12,14,16H2,1-4H3,(H,33,37). The van der Waals surface area contributed by atoms with Crippen molar-refractivity contribution in [1.29, 1.82) is 0 Å². The van der Waals surface area contributed by atoms with Crippen LogP contribution in [0.3, 0.4) is 0 Å². The molecule has 1 aromatic carbocycles. The lowest BCUT2D eigenvalue weighted by molar-refractivity contribution is -0.321. The number of carbonyl (C=O) groups excluding carboxylic acids is 3. The number of amides is 3. The lowest BCUT2D eigenvalue weighted by Crippen LogP contribution is -2.71. The smallest absolute Gasteiger partial charge is 0.281 e. The maximum atomic E-state index is 14.4. The Morgan fingerprint density at radius 1 is 1.31 bits per heavy atom. The highest BCUT2D eigenvalue weighted by atomic mass is 32.2. The van der Waals surface area contributed by atoms with Crippen LogP contribution in [0.15, 0.2) is 30.5 Å². The summed E-state index contributed by atoms with van der Waals surface area (Å²) in [5.41, 5.74) is 2.79. The molecule has 3 N–H and O–H groups in total. The van der Waals surface area contributed by atoms with E-state index in [1.165, 1.54) is 15.8 Å². The van der Waals surface area contributed by atoms with Gasteiger partial charge in [0.2, 0.25) is 17.5 Å². The van der Waals surface area contributed by atoms with Crippen LogP contribution in [0.25, 0.3) is 16.5 Å². The Bertz CT molecular complexity index is 1510. The van der Waals surface area contributed by atoms with Gasteiger partial charge in [0.1, 0.15) is 12.1 Å². The number of carbonyl (C=O) groups is 3. The number of thioether (sulfide) groups is 1. The van der Waals surface area contributed by atoms with E-state index < -0.39 is 41.5 Å². The van der Waals surface area contributed by atoms with E-state index in [2.05, 4.69) is 33.5 Å². The van der Waals surface area contributed by atoms with E-state index in [0.717, 1.165) is 29.5 Å². The Balaban J connectivity index is 1.24. The van der Waals surface area contributed by atoms with Crippen LogP contribution in [0, 0.1) is 11.8 Å². The minimum absolute atomic E-state index is 0.151. The molecule has 6 atom stereocenters. The summed E-state index contributed by atoms with van der Waals surface area (Å²) in [4.78, 5) is 50.6. The molecular weight excluding hydrogens is 554 g/mol. The van der Waals surface area contributed by atoms with Crippen LogP contribution >= 0.6 is 11.8 Å². The molecule has 4 aliphatic heterocycles. The summed E-state index contributed by atoms with van der Waals surface area (Å²) >= 11 is 1.58. The average molecular weight is 594 g/mol. The minimum atomic E-state index is -2.00. The summed E-state index contributed by atoms with van der Waals surface area (Å²) in [5.74, 6) is -3.42. The number of aromatic amines is 1. The van der Waals surface area contributed by atoms with Crippen LogP contribution in [-0.2, 0) is 25.5 Å². The molecule has 3 fully saturated rings. The third-order valence-corrected chi connectivity index (χ3v) is 10.7. The Morgan fingerprint density at radius 3 is 2.88 bits per heavy atom. The number of benzene rings is 1. The van der Waals surface area contributed by atoms with Crippen molar-refractivity contribution in [2.24, 2.45) is 11.8 Å². The molecule has 5 aliphatic rings. The molecule has 3 amide bonds. The molecule has 42 heavy (non-hydrogen) atoms. The number of piperazine rings is 1. The first-order chi connectivity index (χ1) is 20.1. The quantitative estimate of drug-likeness (QED) is 0.470. The number of hydrogen-bond acceptors (Lipinski definition) is 7. The van der Waals surface area contributed by atoms with Crippen molar-refractivity contribution in [1.82, 2.24) is 25.0 Å². The molecule has 10 nitrogen and oxygen atoms in total. The second kappa shape index (κ2) is 9.83. The van der Waals surface area contributed by atoms with E-state index in [4.69, 9.17) is 4.74 Å². The SMILES string of the molecule is CSCCC1C(=O)N2CCCC2C2(O)OC(NC(=O)C3C=C4c5cccc6[nH]cc(c56)CC4N(C)C3)(C(C)C)C(=O)N12. The molecule has 1 aromatic heterocycles. The molecule has 1 aliphatic carbocycles. The van der Waals surface area contributed by atoms with Gasteiger partial charge in [-0.3, -0.25) is 28.9 Å². The third kappa shape index (κ3) is 3.79. The number of fused-ring (bicyclic) bond motifs is 5. The normalized spacial score (nSPS) is 34.1. The molecule has 6 unspecified atom stereocenters. The highest BCUT2D eigenvalue weighted by molar-refractivity contribution is 7.98. The summed E-state index contributed by atoms with van der Waals surface area (Å²) in [5, 5.41) is 16.3. The van der Waals surface area contributed by atoms with Gasteiger partial charge in [-0.2, -0.15) is 11.8 Å². The van der Waals surface area contributed by atoms with Crippen LogP contribution in [0.5, 0.6) is 0 Å². The second-order valence-corrected chi connectivity index (χ2v) is 13.7. The number of aliphatic hydroxyl groups is 1. The van der Waals surface area contributed by atoms with Gasteiger partial charge in [-0.15, -0.1) is 0 Å². The number of ether oxygens (including phenoxy) is 1. The zero-order valence-corrected chi connectivity index (χ0v) is 25.4. The molecule has 0 bridgehead atoms. The van der Waals surface area contributed by atoms with Crippen molar-refractivity contribution in [2.45, 2.75) is 69.3 Å². The Morgan fingerprint density at radius 2 is 2.12 bits per heavy atom. The van der Waals surface area contributed by atoms with E-state index in [-0.39, 0.29) is 17.9 Å². The fourth-order valence-corrected chi connectivity index (χ4v) is 8.39. The Hall–Kier alpha value is -2.86. The fourth-order valence-electron chi connectivity index (χ4n) is 7.93. The number of nitrogens with one attached hydrogen (secondary N) is 2. The number of aromatic nitrogens is 1. The average Bonchev–Trinajstić information content (AvgIpc) is 3.68. The molecule has 3 saturated heterocycles. The van der Waals surface area contributed by atoms with Crippen molar-refractivity contribution in [3.8, 4) is 0 Å². The predicted molar refractivity (Wildman–Crippen MR) is 160 cm³/mol. The maximum Gasteiger partial charge on any atom is 0.281 e. The van der Waals surface area contributed by atoms with Crippen molar-refractivity contribution in [3.63, 3.8) is 0 Å². The maximum absolute atomic E-state index is 14.4. The lowest BCUT2D eigenvalue weighted by atomic mass is 9.79. The Labute approximate surface area is 249 Å². The fraction of sp³-hybridized carbons (Fsp3) is 0.581. The zero-order valence-electron chi connectivity index (χ0n) is 24.6. The van der Waals surface area contributed by atoms with Crippen LogP contribution in [-0.4, -0.2) is 104 Å². The molecule has 5 heterocycles. The molecule has 2 aromatic rings. The molecule has 224 valence electrons. The van der Waals surface area contributed by atoms with Crippen molar-refractivity contribution in [2.75, 3.05) is 32.1 Å². The number of H-pyrrole nitrogens is 1. The summed E-state index contributed by atoms with van der Waals surface area (Å²) in [6.45, 7) is 4.62. The predicted octanol–water partition coefficient (Wildman–Crippen LogP) is 2.14. The highest BCUT2D eigenvalue weighted by Gasteiger charge is 2.71. The van der Waals surface area contributed by atoms with E-state index >= 15 is 0 Å². The van der Waals surface area contributed by atoms with Gasteiger partial charge < -0.3 is 20.3 Å². The van der Waals surface area contributed by atoms with Gasteiger partial charge in [0.25, 0.3) is 11.8 Å². The van der Waals surface area contributed by atoms with E-state index in [1.807, 2.05) is 39.3 Å². The molecule has 7 rings (SSSR count). The molecule has 0 spiro atoms. The van der Waals surface area contributed by atoms with Gasteiger partial charge in [0.15, 0.2) is 0 Å². The van der Waals surface area contributed by atoms with Crippen LogP contribution in [0.2, 0.25) is 0 Å². The van der Waals surface area contributed by atoms with Gasteiger partial charge >= 0.3 is 0 Å². The summed E-state index contributed by atoms with van der Waals surface area (Å²) in [6.07, 6.45) is 8.57. The van der Waals surface area contributed by atoms with Crippen LogP contribution in [0.4, 0.5) is 0 Å². The summed E-state index contributed by atoms with van der Waals surface area (Å²) < 4.78 is 6.43. The second-order valence-electron chi connectivity index (χ2n) is 12.7. The lowest BCUT2D eigenvalue weighted by Gasteiger charge is -2.48. The van der Waals surface area contributed by atoms with Gasteiger partial charge in [-0.25, -0.2) is 0 Å². The van der Waals surface area contributed by atoms with Crippen molar-refractivity contribution >= 4 is 46.0 Å². The molecule has 0 radical (unpaired) electrons. The van der Waals surface area contributed by atoms with Gasteiger partial charge in [0.05, 0.1) is 5.92 Å². The zero-order chi connectivity index (χ0) is 29.6. The van der Waals surface area contributed by atoms with Crippen molar-refractivity contribution < 1.29 is 24.2 Å².